The predicted molar refractivity (Wildman–Crippen MR) is 68.7 cm³/mol. The number of aryl methyl sites for hydroxylation is 2. The van der Waals surface area contributed by atoms with E-state index in [1.54, 1.807) is 11.8 Å². The van der Waals surface area contributed by atoms with Crippen molar-refractivity contribution >= 4 is 11.8 Å². The molecule has 1 unspecified atom stereocenters. The van der Waals surface area contributed by atoms with Crippen LogP contribution in [0.3, 0.4) is 0 Å². The molecule has 0 saturated heterocycles. The van der Waals surface area contributed by atoms with Gasteiger partial charge in [0.1, 0.15) is 0 Å². The van der Waals surface area contributed by atoms with E-state index in [-0.39, 0.29) is 0 Å². The van der Waals surface area contributed by atoms with Crippen molar-refractivity contribution in [1.82, 2.24) is 15.2 Å². The van der Waals surface area contributed by atoms with Gasteiger partial charge in [0, 0.05) is 5.25 Å². The standard InChI is InChI=1S/C12H21N3S/c1-6-10-11(7-2)14-15-12(13-10)16-9(5)8(3)4/h8-9H,6-7H2,1-5H3. The van der Waals surface area contributed by atoms with Crippen molar-refractivity contribution in [2.24, 2.45) is 5.92 Å². The van der Waals surface area contributed by atoms with Gasteiger partial charge in [-0.25, -0.2) is 4.98 Å². The highest BCUT2D eigenvalue weighted by Gasteiger charge is 2.13. The Hall–Kier alpha value is -0.640. The fourth-order valence-electron chi connectivity index (χ4n) is 1.27. The van der Waals surface area contributed by atoms with Gasteiger partial charge in [-0.2, -0.15) is 5.10 Å². The molecule has 0 bridgehead atoms. The lowest BCUT2D eigenvalue weighted by molar-refractivity contribution is 0.637. The molecule has 1 heterocycles. The first-order valence-corrected chi connectivity index (χ1v) is 6.85. The molecule has 16 heavy (non-hydrogen) atoms. The zero-order valence-electron chi connectivity index (χ0n) is 10.8. The summed E-state index contributed by atoms with van der Waals surface area (Å²) in [4.78, 5) is 4.57. The molecule has 0 N–H and O–H groups in total. The van der Waals surface area contributed by atoms with Gasteiger partial charge >= 0.3 is 0 Å². The molecule has 4 heteroatoms. The minimum absolute atomic E-state index is 0.527. The highest BCUT2D eigenvalue weighted by Crippen LogP contribution is 2.24. The highest BCUT2D eigenvalue weighted by molar-refractivity contribution is 7.99. The minimum Gasteiger partial charge on any atom is -0.224 e. The lowest BCUT2D eigenvalue weighted by Crippen LogP contribution is -2.09. The summed E-state index contributed by atoms with van der Waals surface area (Å²) in [5, 5.41) is 9.77. The molecular weight excluding hydrogens is 218 g/mol. The minimum atomic E-state index is 0.527. The van der Waals surface area contributed by atoms with Gasteiger partial charge in [0.05, 0.1) is 11.4 Å². The van der Waals surface area contributed by atoms with E-state index in [2.05, 4.69) is 49.8 Å². The van der Waals surface area contributed by atoms with Crippen LogP contribution >= 0.6 is 11.8 Å². The first kappa shape index (κ1) is 13.4. The fraction of sp³-hybridized carbons (Fsp3) is 0.750. The average molecular weight is 239 g/mol. The van der Waals surface area contributed by atoms with Crippen LogP contribution in [0.5, 0.6) is 0 Å². The van der Waals surface area contributed by atoms with Gasteiger partial charge in [-0.05, 0) is 18.8 Å². The van der Waals surface area contributed by atoms with Crippen molar-refractivity contribution in [3.05, 3.63) is 11.4 Å². The Morgan fingerprint density at radius 3 is 2.12 bits per heavy atom. The Balaban J connectivity index is 2.82. The largest absolute Gasteiger partial charge is 0.224 e. The van der Waals surface area contributed by atoms with Gasteiger partial charge in [-0.3, -0.25) is 0 Å². The van der Waals surface area contributed by atoms with Gasteiger partial charge in [0.2, 0.25) is 5.16 Å². The molecule has 0 aliphatic heterocycles. The van der Waals surface area contributed by atoms with Crippen molar-refractivity contribution in [2.75, 3.05) is 0 Å². The summed E-state index contributed by atoms with van der Waals surface area (Å²) in [5.41, 5.74) is 2.13. The maximum Gasteiger partial charge on any atom is 0.209 e. The van der Waals surface area contributed by atoms with E-state index >= 15 is 0 Å². The molecule has 1 atom stereocenters. The monoisotopic (exact) mass is 239 g/mol. The summed E-state index contributed by atoms with van der Waals surface area (Å²) in [7, 11) is 0. The summed E-state index contributed by atoms with van der Waals surface area (Å²) in [6, 6.07) is 0. The van der Waals surface area contributed by atoms with Crippen LogP contribution in [0.2, 0.25) is 0 Å². The van der Waals surface area contributed by atoms with Crippen LogP contribution in [-0.2, 0) is 12.8 Å². The van der Waals surface area contributed by atoms with Crippen molar-refractivity contribution < 1.29 is 0 Å². The fourth-order valence-corrected chi connectivity index (χ4v) is 2.13. The van der Waals surface area contributed by atoms with Gasteiger partial charge in [-0.1, -0.05) is 46.4 Å². The lowest BCUT2D eigenvalue weighted by atomic mass is 10.2. The number of nitrogens with zero attached hydrogens (tertiary/aromatic N) is 3. The van der Waals surface area contributed by atoms with Crippen molar-refractivity contribution in [1.29, 1.82) is 0 Å². The number of aromatic nitrogens is 3. The van der Waals surface area contributed by atoms with Gasteiger partial charge in [-0.15, -0.1) is 5.10 Å². The maximum absolute atomic E-state index is 4.57. The van der Waals surface area contributed by atoms with E-state index in [9.17, 15) is 0 Å². The van der Waals surface area contributed by atoms with Crippen LogP contribution in [-0.4, -0.2) is 20.4 Å². The molecule has 0 saturated carbocycles. The summed E-state index contributed by atoms with van der Waals surface area (Å²) >= 11 is 1.72. The third-order valence-corrected chi connectivity index (χ3v) is 4.02. The number of hydrogen-bond acceptors (Lipinski definition) is 4. The molecular formula is C12H21N3S. The zero-order valence-corrected chi connectivity index (χ0v) is 11.6. The van der Waals surface area contributed by atoms with Crippen molar-refractivity contribution in [3.63, 3.8) is 0 Å². The Kier molecular flexibility index (Phi) is 5.19. The molecule has 0 aliphatic carbocycles. The summed E-state index contributed by atoms with van der Waals surface area (Å²) in [6.07, 6.45) is 1.84. The molecule has 1 aromatic rings. The Morgan fingerprint density at radius 1 is 1.00 bits per heavy atom. The molecule has 3 nitrogen and oxygen atoms in total. The molecule has 1 aromatic heterocycles. The Bertz CT molecular complexity index is 339. The van der Waals surface area contributed by atoms with Crippen LogP contribution in [0.4, 0.5) is 0 Å². The molecule has 0 amide bonds. The first-order chi connectivity index (χ1) is 7.58. The van der Waals surface area contributed by atoms with E-state index in [0.717, 1.165) is 29.4 Å². The van der Waals surface area contributed by atoms with Crippen LogP contribution in [0.15, 0.2) is 5.16 Å². The lowest BCUT2D eigenvalue weighted by Gasteiger charge is -2.13. The van der Waals surface area contributed by atoms with E-state index in [1.807, 2.05) is 0 Å². The molecule has 90 valence electrons. The van der Waals surface area contributed by atoms with Crippen LogP contribution in [0.25, 0.3) is 0 Å². The molecule has 0 spiro atoms. The van der Waals surface area contributed by atoms with Gasteiger partial charge in [0.25, 0.3) is 0 Å². The normalized spacial score (nSPS) is 13.1. The van der Waals surface area contributed by atoms with E-state index in [0.29, 0.717) is 11.2 Å². The predicted octanol–water partition coefficient (Wildman–Crippen LogP) is 3.13. The second-order valence-corrected chi connectivity index (χ2v) is 5.61. The smallest absolute Gasteiger partial charge is 0.209 e. The number of rotatable bonds is 5. The second kappa shape index (κ2) is 6.18. The first-order valence-electron chi connectivity index (χ1n) is 5.97. The van der Waals surface area contributed by atoms with E-state index in [4.69, 9.17) is 0 Å². The number of hydrogen-bond donors (Lipinski definition) is 0. The quantitative estimate of drug-likeness (QED) is 0.740. The summed E-state index contributed by atoms with van der Waals surface area (Å²) in [6.45, 7) is 10.8. The third kappa shape index (κ3) is 3.44. The Morgan fingerprint density at radius 2 is 1.62 bits per heavy atom. The van der Waals surface area contributed by atoms with Crippen molar-refractivity contribution in [2.45, 2.75) is 57.9 Å². The molecule has 0 fully saturated rings. The maximum atomic E-state index is 4.57. The second-order valence-electron chi connectivity index (χ2n) is 4.26. The van der Waals surface area contributed by atoms with Crippen LogP contribution in [0.1, 0.15) is 46.0 Å². The molecule has 0 radical (unpaired) electrons. The Labute approximate surface area is 102 Å². The summed E-state index contributed by atoms with van der Waals surface area (Å²) < 4.78 is 0. The molecule has 0 aromatic carbocycles. The van der Waals surface area contributed by atoms with Crippen molar-refractivity contribution in [3.8, 4) is 0 Å². The van der Waals surface area contributed by atoms with Gasteiger partial charge < -0.3 is 0 Å². The molecule has 0 aliphatic rings. The summed E-state index contributed by atoms with van der Waals surface area (Å²) in [5.74, 6) is 0.629. The SMILES string of the molecule is CCc1nnc(SC(C)C(C)C)nc1CC. The third-order valence-electron chi connectivity index (χ3n) is 2.72. The van der Waals surface area contributed by atoms with E-state index < -0.39 is 0 Å². The number of thioether (sulfide) groups is 1. The van der Waals surface area contributed by atoms with E-state index in [1.165, 1.54) is 0 Å². The average Bonchev–Trinajstić information content (AvgIpc) is 2.28. The molecule has 1 rings (SSSR count). The van der Waals surface area contributed by atoms with Crippen LogP contribution in [0, 0.1) is 5.92 Å². The zero-order chi connectivity index (χ0) is 12.1. The topological polar surface area (TPSA) is 38.7 Å². The van der Waals surface area contributed by atoms with Gasteiger partial charge in [0.15, 0.2) is 0 Å². The highest BCUT2D eigenvalue weighted by atomic mass is 32.2. The van der Waals surface area contributed by atoms with Crippen LogP contribution < -0.4 is 0 Å².